The molecule has 5 aromatic rings. The third-order valence-electron chi connectivity index (χ3n) is 5.14. The van der Waals surface area contributed by atoms with Crippen LogP contribution < -0.4 is 5.32 Å². The highest BCUT2D eigenvalue weighted by Crippen LogP contribution is 2.30. The first-order valence-corrected chi connectivity index (χ1v) is 10.0. The maximum atomic E-state index is 12.0. The van der Waals surface area contributed by atoms with Gasteiger partial charge in [0.05, 0.1) is 28.4 Å². The largest absolute Gasteiger partial charge is 0.337 e. The average molecular weight is 422 g/mol. The van der Waals surface area contributed by atoms with Crippen molar-refractivity contribution in [3.8, 4) is 28.7 Å². The lowest BCUT2D eigenvalue weighted by Gasteiger charge is -2.09. The van der Waals surface area contributed by atoms with Gasteiger partial charge in [-0.1, -0.05) is 19.9 Å². The molecule has 0 saturated heterocycles. The van der Waals surface area contributed by atoms with Gasteiger partial charge in [-0.25, -0.2) is 9.97 Å². The number of nitrogens with zero attached hydrogens (tertiary/aromatic N) is 5. The number of aromatic nitrogens is 6. The van der Waals surface area contributed by atoms with Crippen molar-refractivity contribution in [3.63, 3.8) is 0 Å². The van der Waals surface area contributed by atoms with Gasteiger partial charge in [-0.3, -0.25) is 14.9 Å². The number of pyridine rings is 2. The summed E-state index contributed by atoms with van der Waals surface area (Å²) in [5, 5.41) is 20.3. The molecule has 156 valence electrons. The normalized spacial score (nSPS) is 11.2. The van der Waals surface area contributed by atoms with Crippen LogP contribution in [0.5, 0.6) is 0 Å². The number of anilines is 1. The van der Waals surface area contributed by atoms with Gasteiger partial charge >= 0.3 is 0 Å². The second kappa shape index (κ2) is 7.59. The van der Waals surface area contributed by atoms with Crippen molar-refractivity contribution in [1.29, 1.82) is 5.26 Å². The van der Waals surface area contributed by atoms with Crippen molar-refractivity contribution in [2.24, 2.45) is 5.92 Å². The van der Waals surface area contributed by atoms with Gasteiger partial charge in [0.15, 0.2) is 11.5 Å². The number of H-pyrrole nitrogens is 2. The van der Waals surface area contributed by atoms with Crippen LogP contribution in [0, 0.1) is 17.2 Å². The third kappa shape index (κ3) is 3.33. The number of carbonyl (C=O) groups excluding carboxylic acids is 1. The summed E-state index contributed by atoms with van der Waals surface area (Å²) in [5.74, 6) is 0.343. The van der Waals surface area contributed by atoms with E-state index in [9.17, 15) is 10.1 Å². The smallest absolute Gasteiger partial charge is 0.226 e. The lowest BCUT2D eigenvalue weighted by Crippen LogP contribution is -2.17. The van der Waals surface area contributed by atoms with Crippen LogP contribution in [0.2, 0.25) is 0 Å². The molecule has 0 bridgehead atoms. The molecule has 4 aromatic heterocycles. The minimum absolute atomic E-state index is 0.0729. The fraction of sp³-hybridized carbons (Fsp3) is 0.130. The molecule has 0 atom stereocenters. The van der Waals surface area contributed by atoms with Crippen molar-refractivity contribution in [3.05, 3.63) is 54.5 Å². The molecule has 9 heteroatoms. The Morgan fingerprint density at radius 3 is 2.81 bits per heavy atom. The minimum atomic E-state index is -0.129. The lowest BCUT2D eigenvalue weighted by molar-refractivity contribution is -0.118. The lowest BCUT2D eigenvalue weighted by atomic mass is 10.1. The molecule has 0 fully saturated rings. The molecule has 1 aromatic carbocycles. The highest BCUT2D eigenvalue weighted by atomic mass is 16.1. The van der Waals surface area contributed by atoms with Gasteiger partial charge in [0.1, 0.15) is 17.3 Å². The highest BCUT2D eigenvalue weighted by Gasteiger charge is 2.16. The van der Waals surface area contributed by atoms with E-state index < -0.39 is 0 Å². The van der Waals surface area contributed by atoms with Crippen molar-refractivity contribution < 1.29 is 4.79 Å². The molecular weight excluding hydrogens is 404 g/mol. The van der Waals surface area contributed by atoms with Crippen LogP contribution in [0.25, 0.3) is 44.7 Å². The SMILES string of the molecule is CC(C)C(=O)Nc1cncc(-c2cnc3[nH]nc(-c4nc5c(C#N)cccc5[nH]4)c3c2)c1. The number of hydrogen-bond donors (Lipinski definition) is 3. The van der Waals surface area contributed by atoms with Gasteiger partial charge in [0.2, 0.25) is 5.91 Å². The van der Waals surface area contributed by atoms with Crippen molar-refractivity contribution in [2.45, 2.75) is 13.8 Å². The molecule has 0 unspecified atom stereocenters. The molecule has 0 spiro atoms. The standard InChI is InChI=1S/C23H18N8O/c1-12(2)23(32)27-16-6-14(9-25-11-16)15-7-17-20(30-31-21(17)26-10-15)22-28-18-5-3-4-13(8-24)19(18)29-22/h3-7,9-12H,1-2H3,(H,27,32)(H,28,29)(H,26,30,31). The van der Waals surface area contributed by atoms with Gasteiger partial charge in [-0.2, -0.15) is 10.4 Å². The number of benzene rings is 1. The van der Waals surface area contributed by atoms with E-state index in [0.29, 0.717) is 33.9 Å². The molecule has 0 aliphatic rings. The number of fused-ring (bicyclic) bond motifs is 2. The van der Waals surface area contributed by atoms with Gasteiger partial charge in [0, 0.05) is 29.4 Å². The Bertz CT molecular complexity index is 1520. The molecule has 4 heterocycles. The van der Waals surface area contributed by atoms with Gasteiger partial charge < -0.3 is 10.3 Å². The Hall–Kier alpha value is -4.58. The summed E-state index contributed by atoms with van der Waals surface area (Å²) in [6, 6.07) is 11.4. The number of nitriles is 1. The molecule has 0 aliphatic heterocycles. The number of imidazole rings is 1. The first kappa shape index (κ1) is 19.4. The molecule has 32 heavy (non-hydrogen) atoms. The summed E-state index contributed by atoms with van der Waals surface area (Å²) in [4.78, 5) is 28.6. The fourth-order valence-corrected chi connectivity index (χ4v) is 3.43. The quantitative estimate of drug-likeness (QED) is 0.400. The number of para-hydroxylation sites is 1. The van der Waals surface area contributed by atoms with E-state index in [4.69, 9.17) is 0 Å². The first-order valence-electron chi connectivity index (χ1n) is 10.0. The monoisotopic (exact) mass is 422 g/mol. The first-order chi connectivity index (χ1) is 15.5. The molecule has 3 N–H and O–H groups in total. The number of hydrogen-bond acceptors (Lipinski definition) is 6. The Kier molecular flexibility index (Phi) is 4.60. The van der Waals surface area contributed by atoms with E-state index in [1.807, 2.05) is 38.1 Å². The maximum Gasteiger partial charge on any atom is 0.226 e. The Balaban J connectivity index is 1.57. The molecular formula is C23H18N8O. The van der Waals surface area contributed by atoms with E-state index in [2.05, 4.69) is 41.5 Å². The van der Waals surface area contributed by atoms with E-state index in [0.717, 1.165) is 22.0 Å². The summed E-state index contributed by atoms with van der Waals surface area (Å²) >= 11 is 0. The predicted molar refractivity (Wildman–Crippen MR) is 120 cm³/mol. The summed E-state index contributed by atoms with van der Waals surface area (Å²) in [6.45, 7) is 3.67. The van der Waals surface area contributed by atoms with Crippen molar-refractivity contribution >= 4 is 33.7 Å². The van der Waals surface area contributed by atoms with Gasteiger partial charge in [-0.05, 0) is 24.3 Å². The van der Waals surface area contributed by atoms with Crippen LogP contribution in [0.3, 0.4) is 0 Å². The van der Waals surface area contributed by atoms with E-state index in [1.54, 1.807) is 24.7 Å². The number of carbonyl (C=O) groups is 1. The Morgan fingerprint density at radius 2 is 2.00 bits per heavy atom. The van der Waals surface area contributed by atoms with Crippen LogP contribution >= 0.6 is 0 Å². The molecule has 9 nitrogen and oxygen atoms in total. The van der Waals surface area contributed by atoms with E-state index in [-0.39, 0.29) is 11.8 Å². The zero-order valence-electron chi connectivity index (χ0n) is 17.3. The van der Waals surface area contributed by atoms with E-state index >= 15 is 0 Å². The van der Waals surface area contributed by atoms with Gasteiger partial charge in [0.25, 0.3) is 0 Å². The van der Waals surface area contributed by atoms with E-state index in [1.165, 1.54) is 0 Å². The topological polar surface area (TPSA) is 136 Å². The molecule has 5 rings (SSSR count). The molecule has 0 aliphatic carbocycles. The number of rotatable bonds is 4. The van der Waals surface area contributed by atoms with Crippen LogP contribution in [-0.4, -0.2) is 36.0 Å². The zero-order valence-corrected chi connectivity index (χ0v) is 17.3. The van der Waals surface area contributed by atoms with Crippen molar-refractivity contribution in [2.75, 3.05) is 5.32 Å². The Labute approximate surface area is 182 Å². The fourth-order valence-electron chi connectivity index (χ4n) is 3.43. The van der Waals surface area contributed by atoms with Crippen LogP contribution in [0.15, 0.2) is 48.9 Å². The Morgan fingerprint density at radius 1 is 1.16 bits per heavy atom. The summed E-state index contributed by atoms with van der Waals surface area (Å²) in [7, 11) is 0. The van der Waals surface area contributed by atoms with Crippen LogP contribution in [0.1, 0.15) is 19.4 Å². The molecule has 0 radical (unpaired) electrons. The number of nitrogens with one attached hydrogen (secondary N) is 3. The average Bonchev–Trinajstić information content (AvgIpc) is 3.42. The van der Waals surface area contributed by atoms with Crippen molar-refractivity contribution in [1.82, 2.24) is 30.1 Å². The summed E-state index contributed by atoms with van der Waals surface area (Å²) < 4.78 is 0. The molecule has 1 amide bonds. The molecule has 0 saturated carbocycles. The predicted octanol–water partition coefficient (Wildman–Crippen LogP) is 4.03. The summed E-state index contributed by atoms with van der Waals surface area (Å²) in [5.41, 5.74) is 5.32. The number of amides is 1. The highest BCUT2D eigenvalue weighted by molar-refractivity contribution is 5.95. The number of aromatic amines is 2. The maximum absolute atomic E-state index is 12.0. The summed E-state index contributed by atoms with van der Waals surface area (Å²) in [6.07, 6.45) is 5.05. The zero-order chi connectivity index (χ0) is 22.2. The van der Waals surface area contributed by atoms with Gasteiger partial charge in [-0.15, -0.1) is 0 Å². The third-order valence-corrected chi connectivity index (χ3v) is 5.14. The van der Waals surface area contributed by atoms with Crippen LogP contribution in [0.4, 0.5) is 5.69 Å². The minimum Gasteiger partial charge on any atom is -0.337 e. The van der Waals surface area contributed by atoms with Crippen LogP contribution in [-0.2, 0) is 4.79 Å². The second-order valence-corrected chi connectivity index (χ2v) is 7.70. The second-order valence-electron chi connectivity index (χ2n) is 7.70.